The maximum atomic E-state index is 12.9. The molecular formula is C21H24N4O3. The van der Waals surface area contributed by atoms with Crippen LogP contribution in [0.15, 0.2) is 48.5 Å². The maximum Gasteiger partial charge on any atom is 0.270 e. The van der Waals surface area contributed by atoms with E-state index in [1.54, 1.807) is 24.3 Å². The number of amides is 1. The Morgan fingerprint density at radius 2 is 1.93 bits per heavy atom. The van der Waals surface area contributed by atoms with Crippen LogP contribution >= 0.6 is 0 Å². The van der Waals surface area contributed by atoms with E-state index in [1.807, 2.05) is 17.0 Å². The first-order chi connectivity index (χ1) is 13.5. The van der Waals surface area contributed by atoms with Crippen LogP contribution in [0, 0.1) is 0 Å². The zero-order valence-corrected chi connectivity index (χ0v) is 15.5. The molecule has 5 N–H and O–H groups in total. The fourth-order valence-electron chi connectivity index (χ4n) is 3.92. The minimum Gasteiger partial charge on any atom is -0.351 e. The highest BCUT2D eigenvalue weighted by molar-refractivity contribution is 5.98. The second-order valence-electron chi connectivity index (χ2n) is 7.26. The van der Waals surface area contributed by atoms with E-state index in [0.29, 0.717) is 31.2 Å². The molecule has 3 aromatic rings. The largest absolute Gasteiger partial charge is 0.351 e. The van der Waals surface area contributed by atoms with Crippen molar-refractivity contribution in [3.63, 3.8) is 0 Å². The molecule has 0 aliphatic carbocycles. The van der Waals surface area contributed by atoms with E-state index in [4.69, 9.17) is 16.1 Å². The summed E-state index contributed by atoms with van der Waals surface area (Å²) in [5.41, 5.74) is 9.71. The molecule has 2 aromatic carbocycles. The molecule has 0 radical (unpaired) electrons. The number of carbonyl (C=O) groups excluding carboxylic acids is 1. The van der Waals surface area contributed by atoms with Gasteiger partial charge in [-0.3, -0.25) is 15.2 Å². The van der Waals surface area contributed by atoms with Crippen molar-refractivity contribution in [2.75, 3.05) is 18.3 Å². The number of H-pyrrole nitrogens is 1. The minimum absolute atomic E-state index is 0.0308. The van der Waals surface area contributed by atoms with Gasteiger partial charge in [0.05, 0.1) is 5.69 Å². The fraction of sp³-hybridized carbons (Fsp3) is 0.286. The molecule has 1 saturated heterocycles. The molecule has 4 rings (SSSR count). The number of carbonyl (C=O) groups is 1. The zero-order valence-electron chi connectivity index (χ0n) is 15.5. The fourth-order valence-corrected chi connectivity index (χ4v) is 3.92. The summed E-state index contributed by atoms with van der Waals surface area (Å²) < 4.78 is 0. The first-order valence-corrected chi connectivity index (χ1v) is 9.44. The zero-order chi connectivity index (χ0) is 19.7. The number of aromatic nitrogens is 1. The van der Waals surface area contributed by atoms with Gasteiger partial charge >= 0.3 is 0 Å². The number of nitrogens with zero attached hydrogens (tertiary/aromatic N) is 2. The van der Waals surface area contributed by atoms with Gasteiger partial charge in [-0.2, -0.15) is 0 Å². The molecule has 0 spiro atoms. The molecule has 0 unspecified atom stereocenters. The van der Waals surface area contributed by atoms with Crippen molar-refractivity contribution in [2.24, 2.45) is 5.73 Å². The van der Waals surface area contributed by atoms with Gasteiger partial charge in [0.1, 0.15) is 5.69 Å². The molecule has 7 nitrogen and oxygen atoms in total. The van der Waals surface area contributed by atoms with Crippen LogP contribution in [0.4, 0.5) is 5.69 Å². The number of nitrogens with two attached hydrogens (primary N) is 1. The molecule has 0 saturated carbocycles. The number of piperidine rings is 1. The highest BCUT2D eigenvalue weighted by Crippen LogP contribution is 2.30. The summed E-state index contributed by atoms with van der Waals surface area (Å²) >= 11 is 0. The highest BCUT2D eigenvalue weighted by atomic mass is 16.8. The number of hydrogen-bond acceptors (Lipinski definition) is 5. The van der Waals surface area contributed by atoms with E-state index in [-0.39, 0.29) is 16.8 Å². The third-order valence-electron chi connectivity index (χ3n) is 5.51. The average Bonchev–Trinajstić information content (AvgIpc) is 3.16. The van der Waals surface area contributed by atoms with E-state index in [2.05, 4.69) is 17.1 Å². The lowest BCUT2D eigenvalue weighted by Gasteiger charge is -2.32. The molecule has 1 aliphatic heterocycles. The molecule has 7 heteroatoms. The molecule has 1 aromatic heterocycles. The normalized spacial score (nSPS) is 15.2. The van der Waals surface area contributed by atoms with Crippen LogP contribution in [-0.2, 0) is 6.54 Å². The van der Waals surface area contributed by atoms with Crippen molar-refractivity contribution in [3.8, 4) is 0 Å². The number of rotatable bonds is 4. The van der Waals surface area contributed by atoms with Gasteiger partial charge in [0, 0.05) is 30.5 Å². The summed E-state index contributed by atoms with van der Waals surface area (Å²) in [7, 11) is 0. The van der Waals surface area contributed by atoms with Crippen molar-refractivity contribution in [3.05, 3.63) is 65.4 Å². The summed E-state index contributed by atoms with van der Waals surface area (Å²) in [5, 5.41) is 19.1. The van der Waals surface area contributed by atoms with Crippen molar-refractivity contribution in [2.45, 2.75) is 25.3 Å². The van der Waals surface area contributed by atoms with E-state index in [0.717, 1.165) is 29.3 Å². The Hall–Kier alpha value is -2.87. The first kappa shape index (κ1) is 18.5. The molecule has 0 bridgehead atoms. The lowest BCUT2D eigenvalue weighted by molar-refractivity contribution is 0.0292. The summed E-state index contributed by atoms with van der Waals surface area (Å²) in [5.74, 6) is 0.415. The lowest BCUT2D eigenvalue weighted by atomic mass is 9.88. The van der Waals surface area contributed by atoms with Gasteiger partial charge < -0.3 is 15.6 Å². The molecule has 2 heterocycles. The number of aromatic amines is 1. The Bertz CT molecular complexity index is 990. The Labute approximate surface area is 162 Å². The Morgan fingerprint density at radius 1 is 1.14 bits per heavy atom. The second-order valence-corrected chi connectivity index (χ2v) is 7.26. The molecule has 1 amide bonds. The van der Waals surface area contributed by atoms with Crippen LogP contribution in [0.25, 0.3) is 10.9 Å². The average molecular weight is 380 g/mol. The number of hydrogen-bond donors (Lipinski definition) is 4. The van der Waals surface area contributed by atoms with Crippen LogP contribution < -0.4 is 11.0 Å². The number of likely N-dealkylation sites (tertiary alicyclic amines) is 1. The monoisotopic (exact) mass is 380 g/mol. The summed E-state index contributed by atoms with van der Waals surface area (Å²) in [6.07, 6.45) is 1.85. The van der Waals surface area contributed by atoms with Crippen molar-refractivity contribution < 1.29 is 15.2 Å². The predicted octanol–water partition coefficient (Wildman–Crippen LogP) is 3.23. The Kier molecular flexibility index (Phi) is 5.04. The molecule has 1 aliphatic rings. The van der Waals surface area contributed by atoms with E-state index in [1.165, 1.54) is 5.56 Å². The smallest absolute Gasteiger partial charge is 0.270 e. The van der Waals surface area contributed by atoms with E-state index >= 15 is 0 Å². The molecule has 0 atom stereocenters. The predicted molar refractivity (Wildman–Crippen MR) is 107 cm³/mol. The maximum absolute atomic E-state index is 12.9. The Morgan fingerprint density at radius 3 is 2.64 bits per heavy atom. The van der Waals surface area contributed by atoms with E-state index < -0.39 is 0 Å². The number of anilines is 1. The summed E-state index contributed by atoms with van der Waals surface area (Å²) in [6, 6.07) is 15.0. The van der Waals surface area contributed by atoms with Crippen LogP contribution in [0.1, 0.15) is 40.4 Å². The molecule has 146 valence electrons. The topological polar surface area (TPSA) is 106 Å². The van der Waals surface area contributed by atoms with Crippen LogP contribution in [-0.4, -0.2) is 39.3 Å². The third-order valence-corrected chi connectivity index (χ3v) is 5.51. The number of nitrogens with one attached hydrogen (secondary N) is 1. The van der Waals surface area contributed by atoms with Gasteiger partial charge in [-0.15, -0.1) is 5.23 Å². The van der Waals surface area contributed by atoms with Crippen molar-refractivity contribution in [1.29, 1.82) is 0 Å². The van der Waals surface area contributed by atoms with E-state index in [9.17, 15) is 4.79 Å². The number of fused-ring (bicyclic) bond motifs is 1. The minimum atomic E-state index is -0.0308. The van der Waals surface area contributed by atoms with Crippen LogP contribution in [0.5, 0.6) is 0 Å². The van der Waals surface area contributed by atoms with Gasteiger partial charge in [-0.25, -0.2) is 0 Å². The summed E-state index contributed by atoms with van der Waals surface area (Å²) in [6.45, 7) is 1.95. The molecular weight excluding hydrogens is 356 g/mol. The van der Waals surface area contributed by atoms with Crippen LogP contribution in [0.2, 0.25) is 0 Å². The molecule has 28 heavy (non-hydrogen) atoms. The second kappa shape index (κ2) is 7.63. The lowest BCUT2D eigenvalue weighted by Crippen LogP contribution is -2.38. The first-order valence-electron chi connectivity index (χ1n) is 9.44. The van der Waals surface area contributed by atoms with Crippen molar-refractivity contribution in [1.82, 2.24) is 9.88 Å². The quantitative estimate of drug-likeness (QED) is 0.520. The Balaban J connectivity index is 1.45. The third kappa shape index (κ3) is 3.60. The molecule has 1 fully saturated rings. The van der Waals surface area contributed by atoms with Gasteiger partial charge in [-0.1, -0.05) is 24.3 Å². The van der Waals surface area contributed by atoms with Gasteiger partial charge in [0.15, 0.2) is 0 Å². The summed E-state index contributed by atoms with van der Waals surface area (Å²) in [4.78, 5) is 17.9. The van der Waals surface area contributed by atoms with Gasteiger partial charge in [0.25, 0.3) is 5.91 Å². The standard InChI is InChI=1S/C21H24N4O3/c22-13-14-2-1-3-16(10-14)15-6-8-24(9-7-15)21(26)20-12-17-11-18(25(27)28)4-5-19(17)23-20/h1-5,10-12,15,23,27-28H,6-9,13,22H2. The highest BCUT2D eigenvalue weighted by Gasteiger charge is 2.25. The SMILES string of the molecule is NCc1cccc(C2CCN(C(=O)c3cc4cc(N(O)O)ccc4[nH]3)CC2)c1. The van der Waals surface area contributed by atoms with Crippen molar-refractivity contribution >= 4 is 22.5 Å². The number of benzene rings is 2. The van der Waals surface area contributed by atoms with Gasteiger partial charge in [-0.05, 0) is 54.2 Å². The van der Waals surface area contributed by atoms with Crippen LogP contribution in [0.3, 0.4) is 0 Å². The van der Waals surface area contributed by atoms with Gasteiger partial charge in [0.2, 0.25) is 0 Å².